The standard InChI is InChI=1S/C20H41O3P/c1-4-5-6-7-8-9-10-11-12-13-14-15-16-17-18-19-20(2,3)23-24(21)22/h4-19H2,1-3H3/p+1. The molecule has 0 heterocycles. The molecule has 0 aromatic heterocycles. The van der Waals surface area contributed by atoms with Crippen molar-refractivity contribution in [3.05, 3.63) is 0 Å². The van der Waals surface area contributed by atoms with Crippen molar-refractivity contribution in [2.75, 3.05) is 0 Å². The molecule has 0 spiro atoms. The number of hydrogen-bond donors (Lipinski definition) is 1. The molecular formula is C20H42O3P+. The molecule has 0 radical (unpaired) electrons. The Bertz CT molecular complexity index is 293. The van der Waals surface area contributed by atoms with Gasteiger partial charge in [0.05, 0.1) is 0 Å². The van der Waals surface area contributed by atoms with Gasteiger partial charge in [-0.05, 0) is 20.3 Å². The van der Waals surface area contributed by atoms with Crippen LogP contribution in [0.15, 0.2) is 0 Å². The van der Waals surface area contributed by atoms with E-state index >= 15 is 0 Å². The van der Waals surface area contributed by atoms with E-state index in [0.29, 0.717) is 0 Å². The Labute approximate surface area is 151 Å². The monoisotopic (exact) mass is 361 g/mol. The summed E-state index contributed by atoms with van der Waals surface area (Å²) in [5, 5.41) is 0. The zero-order valence-corrected chi connectivity index (χ0v) is 17.4. The number of rotatable bonds is 18. The van der Waals surface area contributed by atoms with Crippen LogP contribution in [0, 0.1) is 0 Å². The largest absolute Gasteiger partial charge is 0.695 e. The van der Waals surface area contributed by atoms with Crippen molar-refractivity contribution in [1.82, 2.24) is 0 Å². The fraction of sp³-hybridized carbons (Fsp3) is 1.00. The average molecular weight is 362 g/mol. The smallest absolute Gasteiger partial charge is 0.133 e. The Morgan fingerprint density at radius 2 is 1.04 bits per heavy atom. The van der Waals surface area contributed by atoms with Crippen LogP contribution in [0.25, 0.3) is 0 Å². The van der Waals surface area contributed by atoms with Gasteiger partial charge in [0.2, 0.25) is 0 Å². The van der Waals surface area contributed by atoms with Crippen molar-refractivity contribution < 1.29 is 14.0 Å². The van der Waals surface area contributed by atoms with Crippen LogP contribution >= 0.6 is 8.25 Å². The highest BCUT2D eigenvalue weighted by molar-refractivity contribution is 7.32. The van der Waals surface area contributed by atoms with Crippen LogP contribution in [-0.4, -0.2) is 10.5 Å². The van der Waals surface area contributed by atoms with E-state index in [4.69, 9.17) is 9.42 Å². The summed E-state index contributed by atoms with van der Waals surface area (Å²) in [5.74, 6) is 0. The molecule has 1 unspecified atom stereocenters. The van der Waals surface area contributed by atoms with E-state index in [2.05, 4.69) is 6.92 Å². The lowest BCUT2D eigenvalue weighted by molar-refractivity contribution is 0.0910. The summed E-state index contributed by atoms with van der Waals surface area (Å²) in [7, 11) is -2.48. The molecule has 0 aromatic rings. The number of unbranched alkanes of at least 4 members (excludes halogenated alkanes) is 14. The summed E-state index contributed by atoms with van der Waals surface area (Å²) in [6.07, 6.45) is 21.2. The predicted octanol–water partition coefficient (Wildman–Crippen LogP) is 7.69. The second kappa shape index (κ2) is 16.5. The first-order chi connectivity index (χ1) is 11.5. The Hall–Kier alpha value is 0.0200. The van der Waals surface area contributed by atoms with Gasteiger partial charge in [0.15, 0.2) is 0 Å². The molecule has 0 rings (SSSR count). The molecule has 3 nitrogen and oxygen atoms in total. The molecule has 0 aromatic carbocycles. The molecule has 1 N–H and O–H groups in total. The first-order valence-corrected chi connectivity index (χ1v) is 11.5. The van der Waals surface area contributed by atoms with Gasteiger partial charge >= 0.3 is 8.25 Å². The second-order valence-electron chi connectivity index (χ2n) is 7.79. The fourth-order valence-corrected chi connectivity index (χ4v) is 3.69. The zero-order valence-electron chi connectivity index (χ0n) is 16.5. The number of hydrogen-bond acceptors (Lipinski definition) is 2. The zero-order chi connectivity index (χ0) is 18.1. The molecule has 0 saturated heterocycles. The first kappa shape index (κ1) is 24.0. The average Bonchev–Trinajstić information content (AvgIpc) is 2.49. The van der Waals surface area contributed by atoms with Gasteiger partial charge in [-0.15, -0.1) is 9.42 Å². The fourth-order valence-electron chi connectivity index (χ4n) is 3.18. The van der Waals surface area contributed by atoms with Crippen molar-refractivity contribution >= 4 is 8.25 Å². The Morgan fingerprint density at radius 1 is 0.708 bits per heavy atom. The van der Waals surface area contributed by atoms with E-state index in [1.54, 1.807) is 0 Å². The maximum atomic E-state index is 10.7. The minimum Gasteiger partial charge on any atom is -0.133 e. The third kappa shape index (κ3) is 18.4. The van der Waals surface area contributed by atoms with Gasteiger partial charge in [-0.3, -0.25) is 0 Å². The molecule has 4 heteroatoms. The lowest BCUT2D eigenvalue weighted by atomic mass is 9.99. The molecule has 0 bridgehead atoms. The molecule has 1 atom stereocenters. The molecule has 0 fully saturated rings. The van der Waals surface area contributed by atoms with Gasteiger partial charge in [-0.1, -0.05) is 103 Å². The van der Waals surface area contributed by atoms with Crippen LogP contribution in [0.3, 0.4) is 0 Å². The van der Waals surface area contributed by atoms with E-state index in [0.717, 1.165) is 12.8 Å². The molecule has 0 amide bonds. The van der Waals surface area contributed by atoms with Gasteiger partial charge in [0.1, 0.15) is 5.60 Å². The van der Waals surface area contributed by atoms with E-state index in [1.807, 2.05) is 13.8 Å². The summed E-state index contributed by atoms with van der Waals surface area (Å²) in [4.78, 5) is 8.80. The summed E-state index contributed by atoms with van der Waals surface area (Å²) in [6, 6.07) is 0. The normalized spacial score (nSPS) is 12.6. The third-order valence-electron chi connectivity index (χ3n) is 4.71. The summed E-state index contributed by atoms with van der Waals surface area (Å²) in [6.45, 7) is 6.05. The van der Waals surface area contributed by atoms with E-state index in [1.165, 1.54) is 89.9 Å². The van der Waals surface area contributed by atoms with Crippen LogP contribution in [0.2, 0.25) is 0 Å². The maximum absolute atomic E-state index is 10.7. The molecule has 144 valence electrons. The molecule has 0 aliphatic heterocycles. The van der Waals surface area contributed by atoms with E-state index in [-0.39, 0.29) is 0 Å². The summed E-state index contributed by atoms with van der Waals surface area (Å²) in [5.41, 5.74) is -0.473. The maximum Gasteiger partial charge on any atom is 0.695 e. The van der Waals surface area contributed by atoms with Crippen molar-refractivity contribution in [3.8, 4) is 0 Å². The lowest BCUT2D eigenvalue weighted by Gasteiger charge is -2.16. The van der Waals surface area contributed by atoms with Gasteiger partial charge in [0.25, 0.3) is 0 Å². The highest BCUT2D eigenvalue weighted by Crippen LogP contribution is 2.29. The Kier molecular flexibility index (Phi) is 16.5. The quantitative estimate of drug-likeness (QED) is 0.201. The van der Waals surface area contributed by atoms with Gasteiger partial charge in [-0.2, -0.15) is 0 Å². The summed E-state index contributed by atoms with van der Waals surface area (Å²) < 4.78 is 15.7. The summed E-state index contributed by atoms with van der Waals surface area (Å²) >= 11 is 0. The molecule has 24 heavy (non-hydrogen) atoms. The van der Waals surface area contributed by atoms with Crippen LogP contribution < -0.4 is 0 Å². The minimum absolute atomic E-state index is 0.473. The Balaban J connectivity index is 3.19. The van der Waals surface area contributed by atoms with E-state index in [9.17, 15) is 4.57 Å². The third-order valence-corrected chi connectivity index (χ3v) is 5.36. The predicted molar refractivity (Wildman–Crippen MR) is 105 cm³/mol. The van der Waals surface area contributed by atoms with Crippen molar-refractivity contribution in [2.45, 2.75) is 129 Å². The lowest BCUT2D eigenvalue weighted by Crippen LogP contribution is -2.20. The van der Waals surface area contributed by atoms with Crippen molar-refractivity contribution in [1.29, 1.82) is 0 Å². The van der Waals surface area contributed by atoms with E-state index < -0.39 is 13.9 Å². The second-order valence-corrected chi connectivity index (χ2v) is 8.45. The molecule has 0 saturated carbocycles. The van der Waals surface area contributed by atoms with Crippen LogP contribution in [0.4, 0.5) is 0 Å². The Morgan fingerprint density at radius 3 is 1.38 bits per heavy atom. The van der Waals surface area contributed by atoms with Crippen molar-refractivity contribution in [2.24, 2.45) is 0 Å². The van der Waals surface area contributed by atoms with Crippen LogP contribution in [-0.2, 0) is 9.09 Å². The van der Waals surface area contributed by atoms with Gasteiger partial charge in [0, 0.05) is 4.57 Å². The van der Waals surface area contributed by atoms with Gasteiger partial charge in [-0.25, -0.2) is 0 Å². The van der Waals surface area contributed by atoms with Crippen LogP contribution in [0.5, 0.6) is 0 Å². The topological polar surface area (TPSA) is 46.5 Å². The van der Waals surface area contributed by atoms with Gasteiger partial charge < -0.3 is 0 Å². The minimum atomic E-state index is -2.48. The molecule has 0 aliphatic rings. The SMILES string of the molecule is CCCCCCCCCCCCCCCCCC(C)(C)O[P+](=O)O. The highest BCUT2D eigenvalue weighted by atomic mass is 31.1. The molecule has 0 aliphatic carbocycles. The first-order valence-electron chi connectivity index (χ1n) is 10.3. The molecular weight excluding hydrogens is 319 g/mol. The van der Waals surface area contributed by atoms with Crippen LogP contribution in [0.1, 0.15) is 124 Å². The highest BCUT2D eigenvalue weighted by Gasteiger charge is 2.30. The van der Waals surface area contributed by atoms with Crippen molar-refractivity contribution in [3.63, 3.8) is 0 Å².